The van der Waals surface area contributed by atoms with Gasteiger partial charge < -0.3 is 4.89 Å². The van der Waals surface area contributed by atoms with Gasteiger partial charge >= 0.3 is 0 Å². The summed E-state index contributed by atoms with van der Waals surface area (Å²) in [6.45, 7) is 3.91. The first-order chi connectivity index (χ1) is 10.9. The number of benzene rings is 1. The van der Waals surface area contributed by atoms with E-state index in [0.29, 0.717) is 6.42 Å². The maximum absolute atomic E-state index is 13.2. The van der Waals surface area contributed by atoms with E-state index in [1.54, 1.807) is 37.3 Å². The molecule has 3 fully saturated rings. The molecule has 1 aromatic carbocycles. The molecular weight excluding hydrogens is 335 g/mol. The molecule has 1 unspecified atom stereocenters. The summed E-state index contributed by atoms with van der Waals surface area (Å²) in [5.41, 5.74) is -0.582. The third-order valence-electron chi connectivity index (χ3n) is 4.90. The molecule has 0 spiro atoms. The van der Waals surface area contributed by atoms with Crippen LogP contribution in [-0.4, -0.2) is 32.0 Å². The molecule has 0 N–H and O–H groups in total. The van der Waals surface area contributed by atoms with Crippen molar-refractivity contribution in [3.63, 3.8) is 0 Å². The predicted octanol–water partition coefficient (Wildman–Crippen LogP) is 2.58. The third kappa shape index (κ3) is 2.96. The van der Waals surface area contributed by atoms with E-state index in [1.807, 2.05) is 6.92 Å². The summed E-state index contributed by atoms with van der Waals surface area (Å²) >= 11 is 0. The second-order valence-corrected chi connectivity index (χ2v) is 10.6. The minimum absolute atomic E-state index is 0.199. The minimum atomic E-state index is -3.59. The topological polar surface area (TPSA) is 75.7 Å². The van der Waals surface area contributed by atoms with Crippen molar-refractivity contribution in [1.29, 1.82) is 0 Å². The number of hydrogen-bond donors (Lipinski definition) is 0. The maximum Gasteiger partial charge on any atom is 0.242 e. The van der Waals surface area contributed by atoms with Gasteiger partial charge in [0.25, 0.3) is 0 Å². The van der Waals surface area contributed by atoms with Crippen LogP contribution in [0.25, 0.3) is 0 Å². The van der Waals surface area contributed by atoms with Crippen LogP contribution in [0, 0.1) is 5.92 Å². The molecule has 0 radical (unpaired) electrons. The number of rotatable bonds is 4. The van der Waals surface area contributed by atoms with E-state index >= 15 is 0 Å². The van der Waals surface area contributed by atoms with Crippen molar-refractivity contribution < 1.29 is 22.4 Å². The molecule has 2 bridgehead atoms. The van der Waals surface area contributed by atoms with E-state index in [4.69, 9.17) is 9.05 Å². The second-order valence-electron chi connectivity index (χ2n) is 6.28. The predicted molar refractivity (Wildman–Crippen MR) is 87.6 cm³/mol. The normalized spacial score (nSPS) is 37.5. The molecule has 4 rings (SSSR count). The van der Waals surface area contributed by atoms with E-state index in [9.17, 15) is 13.3 Å². The molecule has 2 saturated heterocycles. The van der Waals surface area contributed by atoms with Gasteiger partial charge in [-0.1, -0.05) is 25.1 Å². The van der Waals surface area contributed by atoms with Crippen molar-refractivity contribution in [2.24, 2.45) is 5.92 Å². The molecule has 2 aliphatic heterocycles. The Morgan fingerprint density at radius 1 is 1.30 bits per heavy atom. The lowest BCUT2D eigenvalue weighted by Crippen LogP contribution is -2.51. The zero-order valence-electron chi connectivity index (χ0n) is 13.4. The zero-order valence-corrected chi connectivity index (χ0v) is 15.1. The Morgan fingerprint density at radius 3 is 2.65 bits per heavy atom. The van der Waals surface area contributed by atoms with E-state index in [1.165, 1.54) is 0 Å². The van der Waals surface area contributed by atoms with E-state index < -0.39 is 28.7 Å². The average Bonchev–Trinajstić information content (AvgIpc) is 2.78. The van der Waals surface area contributed by atoms with Crippen molar-refractivity contribution in [3.05, 3.63) is 30.3 Å². The van der Waals surface area contributed by atoms with Crippen LogP contribution in [0.3, 0.4) is 0 Å². The lowest BCUT2D eigenvalue weighted by molar-refractivity contribution is -0.231. The van der Waals surface area contributed by atoms with Crippen molar-refractivity contribution in [2.75, 3.05) is 6.61 Å². The van der Waals surface area contributed by atoms with E-state index in [-0.39, 0.29) is 23.5 Å². The highest BCUT2D eigenvalue weighted by Crippen LogP contribution is 2.67. The zero-order chi connectivity index (χ0) is 16.7. The highest BCUT2D eigenvalue weighted by molar-refractivity contribution is 7.92. The van der Waals surface area contributed by atoms with Crippen LogP contribution in [0.1, 0.15) is 33.1 Å². The molecule has 1 saturated carbocycles. The first kappa shape index (κ1) is 17.3. The molecule has 7 heteroatoms. The summed E-state index contributed by atoms with van der Waals surface area (Å²) in [6.07, 6.45) is 1.79. The smallest absolute Gasteiger partial charge is 0.242 e. The third-order valence-corrected chi connectivity index (χ3v) is 10.1. The Kier molecular flexibility index (Phi) is 4.83. The first-order valence-electron chi connectivity index (χ1n) is 8.12. The van der Waals surface area contributed by atoms with Gasteiger partial charge in [-0.3, -0.25) is 0 Å². The number of sulfone groups is 1. The fraction of sp³-hybridized carbons (Fsp3) is 0.625. The number of fused-ring (bicyclic) bond motifs is 4. The van der Waals surface area contributed by atoms with Crippen LogP contribution in [-0.2, 0) is 18.9 Å². The Hall–Kier alpha value is -0.520. The lowest BCUT2D eigenvalue weighted by atomic mass is 9.99. The molecule has 23 heavy (non-hydrogen) atoms. The van der Waals surface area contributed by atoms with Crippen molar-refractivity contribution >= 4 is 17.8 Å². The molecule has 5 nitrogen and oxygen atoms in total. The SMILES string of the molecule is CCO[P+]1([O-])O[C@H]2CCC[C@@H]1[C@@H](S(=O)(=O)c1ccccc1)[C@H]2C. The van der Waals surface area contributed by atoms with Gasteiger partial charge in [0.2, 0.25) is 7.94 Å². The lowest BCUT2D eigenvalue weighted by Gasteiger charge is -2.45. The van der Waals surface area contributed by atoms with Gasteiger partial charge in [-0.05, 0) is 38.3 Å². The van der Waals surface area contributed by atoms with Crippen LogP contribution >= 0.6 is 7.94 Å². The summed E-state index contributed by atoms with van der Waals surface area (Å²) in [5, 5.41) is -0.719. The van der Waals surface area contributed by atoms with Crippen LogP contribution in [0.5, 0.6) is 0 Å². The standard InChI is InChI=1S/C16H23O5PS/c1-3-20-22(17)15-11-7-10-14(21-22)12(2)16(15)23(18,19)13-8-5-4-6-9-13/h4-6,8-9,12,14-16H,3,7,10-11H2,1-2H3/t12-,14-,15+,16-,22?/m0/s1. The molecule has 2 heterocycles. The van der Waals surface area contributed by atoms with Gasteiger partial charge in [0.1, 0.15) is 17.0 Å². The summed E-state index contributed by atoms with van der Waals surface area (Å²) in [4.78, 5) is 13.5. The van der Waals surface area contributed by atoms with Crippen molar-refractivity contribution in [1.82, 2.24) is 0 Å². The van der Waals surface area contributed by atoms with Gasteiger partial charge in [0.15, 0.2) is 9.84 Å². The Bertz CT molecular complexity index is 650. The first-order valence-corrected chi connectivity index (χ1v) is 11.3. The fourth-order valence-electron chi connectivity index (χ4n) is 3.83. The van der Waals surface area contributed by atoms with Gasteiger partial charge in [-0.25, -0.2) is 17.5 Å². The van der Waals surface area contributed by atoms with Crippen LogP contribution in [0.4, 0.5) is 0 Å². The summed E-state index contributed by atoms with van der Waals surface area (Å²) in [5.74, 6) is -0.199. The van der Waals surface area contributed by atoms with Crippen LogP contribution in [0.2, 0.25) is 0 Å². The van der Waals surface area contributed by atoms with Gasteiger partial charge in [0, 0.05) is 5.92 Å². The fourth-order valence-corrected chi connectivity index (χ4v) is 9.48. The average molecular weight is 358 g/mol. The molecular formula is C16H23O5PS. The summed E-state index contributed by atoms with van der Waals surface area (Å²) in [7, 11) is -6.99. The largest absolute Gasteiger partial charge is 0.631 e. The van der Waals surface area contributed by atoms with E-state index in [2.05, 4.69) is 0 Å². The summed E-state index contributed by atoms with van der Waals surface area (Å²) < 4.78 is 37.6. The maximum atomic E-state index is 13.2. The van der Waals surface area contributed by atoms with Crippen LogP contribution in [0.15, 0.2) is 35.2 Å². The summed E-state index contributed by atoms with van der Waals surface area (Å²) in [6, 6.07) is 8.42. The Labute approximate surface area is 138 Å². The molecule has 5 atom stereocenters. The molecule has 3 aliphatic rings. The van der Waals surface area contributed by atoms with Gasteiger partial charge in [-0.15, -0.1) is 0 Å². The molecule has 128 valence electrons. The van der Waals surface area contributed by atoms with Crippen molar-refractivity contribution in [2.45, 2.75) is 55.0 Å². The van der Waals surface area contributed by atoms with Gasteiger partial charge in [-0.2, -0.15) is 0 Å². The molecule has 1 aliphatic carbocycles. The number of hydrogen-bond acceptors (Lipinski definition) is 5. The second kappa shape index (κ2) is 6.41. The highest BCUT2D eigenvalue weighted by Gasteiger charge is 2.61. The molecule has 0 aromatic heterocycles. The molecule has 0 amide bonds. The molecule has 1 aromatic rings. The van der Waals surface area contributed by atoms with Gasteiger partial charge in [0.05, 0.1) is 11.5 Å². The monoisotopic (exact) mass is 358 g/mol. The Balaban J connectivity index is 2.06. The van der Waals surface area contributed by atoms with Crippen molar-refractivity contribution in [3.8, 4) is 0 Å². The van der Waals surface area contributed by atoms with Crippen LogP contribution < -0.4 is 4.89 Å². The minimum Gasteiger partial charge on any atom is -0.631 e. The quantitative estimate of drug-likeness (QED) is 0.773. The Morgan fingerprint density at radius 2 is 2.00 bits per heavy atom. The van der Waals surface area contributed by atoms with E-state index in [0.717, 1.165) is 12.8 Å². The highest BCUT2D eigenvalue weighted by atomic mass is 32.2.